The monoisotopic (exact) mass is 175 g/mol. The van der Waals surface area contributed by atoms with E-state index in [1.54, 1.807) is 0 Å². The van der Waals surface area contributed by atoms with Gasteiger partial charge in [-0.25, -0.2) is 0 Å². The molecular weight excluding hydrogens is 158 g/mol. The van der Waals surface area contributed by atoms with Crippen LogP contribution in [-0.4, -0.2) is 29.0 Å². The lowest BCUT2D eigenvalue weighted by Gasteiger charge is -2.03. The van der Waals surface area contributed by atoms with E-state index in [4.69, 9.17) is 10.2 Å². The van der Waals surface area contributed by atoms with Gasteiger partial charge in [0, 0.05) is 13.0 Å². The first-order chi connectivity index (χ1) is 5.66. The lowest BCUT2D eigenvalue weighted by atomic mass is 10.2. The number of amides is 1. The predicted octanol–water partition coefficient (Wildman–Crippen LogP) is -0.00640. The summed E-state index contributed by atoms with van der Waals surface area (Å²) in [4.78, 5) is 10.9. The molecular formula is C8H17NO3. The first kappa shape index (κ1) is 11.4. The van der Waals surface area contributed by atoms with E-state index in [-0.39, 0.29) is 5.91 Å². The summed E-state index contributed by atoms with van der Waals surface area (Å²) in [5.74, 6) is 0.0323. The summed E-state index contributed by atoms with van der Waals surface area (Å²) in [7, 11) is 0. The van der Waals surface area contributed by atoms with Gasteiger partial charge >= 0.3 is 0 Å². The Bertz CT molecular complexity index is 125. The number of carbonyl (C=O) groups excluding carboxylic acids is 1. The minimum atomic E-state index is -1.24. The summed E-state index contributed by atoms with van der Waals surface area (Å²) in [6.45, 7) is 2.52. The third kappa shape index (κ3) is 7.50. The number of aliphatic hydroxyl groups is 2. The Morgan fingerprint density at radius 2 is 2.08 bits per heavy atom. The molecule has 4 nitrogen and oxygen atoms in total. The summed E-state index contributed by atoms with van der Waals surface area (Å²) in [6, 6.07) is 0. The zero-order valence-corrected chi connectivity index (χ0v) is 7.42. The van der Waals surface area contributed by atoms with Crippen molar-refractivity contribution >= 4 is 5.91 Å². The van der Waals surface area contributed by atoms with Gasteiger partial charge in [-0.05, 0) is 26.2 Å². The number of unbranched alkanes of at least 4 members (excludes halogenated alkanes) is 1. The molecule has 0 aliphatic carbocycles. The summed E-state index contributed by atoms with van der Waals surface area (Å²) in [5.41, 5.74) is 0. The van der Waals surface area contributed by atoms with Crippen LogP contribution in [0.5, 0.6) is 0 Å². The van der Waals surface area contributed by atoms with Gasteiger partial charge in [-0.15, -0.1) is 0 Å². The summed E-state index contributed by atoms with van der Waals surface area (Å²) >= 11 is 0. The topological polar surface area (TPSA) is 69.6 Å². The molecule has 0 atom stereocenters. The predicted molar refractivity (Wildman–Crippen MR) is 45.4 cm³/mol. The number of hydrogen-bond acceptors (Lipinski definition) is 3. The highest BCUT2D eigenvalue weighted by molar-refractivity contribution is 5.75. The van der Waals surface area contributed by atoms with Crippen molar-refractivity contribution in [2.75, 3.05) is 6.54 Å². The molecule has 0 aliphatic heterocycles. The highest BCUT2D eigenvalue weighted by Gasteiger charge is 2.00. The van der Waals surface area contributed by atoms with Crippen LogP contribution in [0.2, 0.25) is 0 Å². The molecule has 72 valence electrons. The quantitative estimate of drug-likeness (QED) is 0.393. The number of rotatable bonds is 6. The van der Waals surface area contributed by atoms with Gasteiger partial charge in [0.25, 0.3) is 0 Å². The summed E-state index contributed by atoms with van der Waals surface area (Å²) in [6.07, 6.45) is 0.970. The van der Waals surface area contributed by atoms with Crippen molar-refractivity contribution in [3.63, 3.8) is 0 Å². The van der Waals surface area contributed by atoms with Gasteiger partial charge in [-0.2, -0.15) is 0 Å². The Morgan fingerprint density at radius 1 is 1.42 bits per heavy atom. The van der Waals surface area contributed by atoms with Crippen molar-refractivity contribution in [3.05, 3.63) is 0 Å². The van der Waals surface area contributed by atoms with Gasteiger partial charge in [-0.3, -0.25) is 4.79 Å². The zero-order chi connectivity index (χ0) is 9.40. The van der Waals surface area contributed by atoms with Crippen LogP contribution in [0, 0.1) is 0 Å². The van der Waals surface area contributed by atoms with Crippen LogP contribution >= 0.6 is 0 Å². The molecule has 0 radical (unpaired) electrons. The normalized spacial score (nSPS) is 10.3. The maximum atomic E-state index is 10.9. The molecule has 0 heterocycles. The fourth-order valence-corrected chi connectivity index (χ4v) is 0.898. The van der Waals surface area contributed by atoms with Crippen molar-refractivity contribution in [1.82, 2.24) is 5.32 Å². The molecule has 0 saturated heterocycles. The minimum Gasteiger partial charge on any atom is -0.368 e. The van der Waals surface area contributed by atoms with Gasteiger partial charge in [0.05, 0.1) is 0 Å². The third-order valence-corrected chi connectivity index (χ3v) is 1.49. The van der Waals surface area contributed by atoms with E-state index in [9.17, 15) is 4.79 Å². The molecule has 0 aromatic rings. The van der Waals surface area contributed by atoms with Gasteiger partial charge in [-0.1, -0.05) is 0 Å². The van der Waals surface area contributed by atoms with Crippen molar-refractivity contribution in [1.29, 1.82) is 0 Å². The van der Waals surface area contributed by atoms with E-state index in [1.165, 1.54) is 0 Å². The second-order valence-electron chi connectivity index (χ2n) is 2.68. The molecule has 1 amide bonds. The van der Waals surface area contributed by atoms with Crippen molar-refractivity contribution in [2.24, 2.45) is 0 Å². The Kier molecular flexibility index (Phi) is 6.70. The largest absolute Gasteiger partial charge is 0.368 e. The van der Waals surface area contributed by atoms with E-state index in [0.717, 1.165) is 0 Å². The molecule has 0 aromatic heterocycles. The van der Waals surface area contributed by atoms with Gasteiger partial charge in [0.15, 0.2) is 6.29 Å². The van der Waals surface area contributed by atoms with E-state index in [2.05, 4.69) is 5.32 Å². The van der Waals surface area contributed by atoms with Crippen LogP contribution in [0.1, 0.15) is 32.6 Å². The average Bonchev–Trinajstić information content (AvgIpc) is 1.98. The van der Waals surface area contributed by atoms with Crippen LogP contribution in [0.3, 0.4) is 0 Å². The van der Waals surface area contributed by atoms with E-state index in [1.807, 2.05) is 6.92 Å². The highest BCUT2D eigenvalue weighted by Crippen LogP contribution is 2.01. The van der Waals surface area contributed by atoms with Crippen LogP contribution in [0.25, 0.3) is 0 Å². The molecule has 12 heavy (non-hydrogen) atoms. The lowest BCUT2D eigenvalue weighted by molar-refractivity contribution is -0.121. The molecule has 0 unspecified atom stereocenters. The standard InChI is InChI=1S/C8H17NO3/c1-2-9-7(10)5-3-4-6-8(11)12/h8,11-12H,2-6H2,1H3,(H,9,10). The second-order valence-corrected chi connectivity index (χ2v) is 2.68. The van der Waals surface area contributed by atoms with Crippen LogP contribution in [0.15, 0.2) is 0 Å². The SMILES string of the molecule is CCNC(=O)CCCCC(O)O. The summed E-state index contributed by atoms with van der Waals surface area (Å²) in [5, 5.41) is 19.6. The Hall–Kier alpha value is -0.610. The zero-order valence-electron chi connectivity index (χ0n) is 7.42. The second kappa shape index (κ2) is 7.06. The first-order valence-corrected chi connectivity index (χ1v) is 4.29. The molecule has 0 aliphatic rings. The van der Waals surface area contributed by atoms with E-state index in [0.29, 0.717) is 32.2 Å². The van der Waals surface area contributed by atoms with Gasteiger partial charge < -0.3 is 15.5 Å². The average molecular weight is 175 g/mol. The van der Waals surface area contributed by atoms with Crippen molar-refractivity contribution in [2.45, 2.75) is 38.9 Å². The highest BCUT2D eigenvalue weighted by atomic mass is 16.5. The fourth-order valence-electron chi connectivity index (χ4n) is 0.898. The molecule has 4 heteroatoms. The first-order valence-electron chi connectivity index (χ1n) is 4.29. The number of carbonyl (C=O) groups is 1. The van der Waals surface area contributed by atoms with E-state index < -0.39 is 6.29 Å². The molecule has 0 spiro atoms. The Labute approximate surface area is 72.6 Å². The summed E-state index contributed by atoms with van der Waals surface area (Å²) < 4.78 is 0. The van der Waals surface area contributed by atoms with Gasteiger partial charge in [0.2, 0.25) is 5.91 Å². The Balaban J connectivity index is 3.14. The van der Waals surface area contributed by atoms with E-state index >= 15 is 0 Å². The lowest BCUT2D eigenvalue weighted by Crippen LogP contribution is -2.22. The number of aliphatic hydroxyl groups excluding tert-OH is 1. The molecule has 0 aromatic carbocycles. The molecule has 3 N–H and O–H groups in total. The maximum absolute atomic E-state index is 10.9. The number of hydrogen-bond donors (Lipinski definition) is 3. The maximum Gasteiger partial charge on any atom is 0.219 e. The minimum absolute atomic E-state index is 0.0323. The smallest absolute Gasteiger partial charge is 0.219 e. The fraction of sp³-hybridized carbons (Fsp3) is 0.875. The molecule has 0 rings (SSSR count). The Morgan fingerprint density at radius 3 is 2.58 bits per heavy atom. The van der Waals surface area contributed by atoms with Crippen molar-refractivity contribution in [3.8, 4) is 0 Å². The number of nitrogens with one attached hydrogen (secondary N) is 1. The van der Waals surface area contributed by atoms with Crippen molar-refractivity contribution < 1.29 is 15.0 Å². The van der Waals surface area contributed by atoms with Crippen LogP contribution in [0.4, 0.5) is 0 Å². The third-order valence-electron chi connectivity index (χ3n) is 1.49. The van der Waals surface area contributed by atoms with Crippen LogP contribution < -0.4 is 5.32 Å². The van der Waals surface area contributed by atoms with Gasteiger partial charge in [0.1, 0.15) is 0 Å². The molecule has 0 fully saturated rings. The molecule has 0 bridgehead atoms. The molecule has 0 saturated carbocycles. The van der Waals surface area contributed by atoms with Crippen LogP contribution in [-0.2, 0) is 4.79 Å².